The van der Waals surface area contributed by atoms with Gasteiger partial charge < -0.3 is 24.6 Å². The lowest BCUT2D eigenvalue weighted by molar-refractivity contribution is -0.137. The molecule has 2 saturated carbocycles. The number of nitrogens with one attached hydrogen (secondary N) is 2. The van der Waals surface area contributed by atoms with E-state index in [1.54, 1.807) is 37.1 Å². The zero-order valence-corrected chi connectivity index (χ0v) is 31.9. The number of carbonyl (C=O) groups is 3. The molecule has 0 bridgehead atoms. The quantitative estimate of drug-likeness (QED) is 0.237. The lowest BCUT2D eigenvalue weighted by Gasteiger charge is -2.30. The van der Waals surface area contributed by atoms with Crippen molar-refractivity contribution in [3.63, 3.8) is 0 Å². The number of likely N-dealkylation sites (N-methyl/N-ethyl adjacent to an activating group) is 1. The van der Waals surface area contributed by atoms with Crippen molar-refractivity contribution in [2.24, 2.45) is 5.92 Å². The molecule has 2 N–H and O–H groups in total. The second-order valence-corrected chi connectivity index (χ2v) is 18.0. The molecule has 3 aromatic rings. The van der Waals surface area contributed by atoms with E-state index in [9.17, 15) is 36.0 Å². The van der Waals surface area contributed by atoms with Crippen LogP contribution >= 0.6 is 22.9 Å². The Labute approximate surface area is 318 Å². The number of aryl methyl sites for hydroxylation is 1. The normalized spacial score (nSPS) is 26.3. The van der Waals surface area contributed by atoms with Gasteiger partial charge >= 0.3 is 12.2 Å². The number of aromatic nitrogens is 2. The molecule has 290 valence electrons. The summed E-state index contributed by atoms with van der Waals surface area (Å²) in [6, 6.07) is 3.12. The van der Waals surface area contributed by atoms with Crippen LogP contribution in [0.1, 0.15) is 55.5 Å². The number of rotatable bonds is 7. The van der Waals surface area contributed by atoms with Gasteiger partial charge in [0.25, 0.3) is 15.9 Å². The van der Waals surface area contributed by atoms with Crippen LogP contribution in [-0.2, 0) is 25.8 Å². The number of halogens is 4. The van der Waals surface area contributed by atoms with E-state index in [1.165, 1.54) is 23.5 Å². The predicted molar refractivity (Wildman–Crippen MR) is 194 cm³/mol. The minimum absolute atomic E-state index is 0.0128. The summed E-state index contributed by atoms with van der Waals surface area (Å²) in [6.45, 7) is 2.08. The van der Waals surface area contributed by atoms with Crippen molar-refractivity contribution in [1.82, 2.24) is 29.8 Å². The van der Waals surface area contributed by atoms with Crippen LogP contribution in [0.3, 0.4) is 0 Å². The van der Waals surface area contributed by atoms with E-state index in [1.807, 2.05) is 6.08 Å². The second-order valence-electron chi connectivity index (χ2n) is 14.2. The molecular formula is C35H38ClF3N6O7S2. The summed E-state index contributed by atoms with van der Waals surface area (Å²) in [5, 5.41) is 3.51. The Morgan fingerprint density at radius 3 is 2.59 bits per heavy atom. The van der Waals surface area contributed by atoms with Gasteiger partial charge in [-0.1, -0.05) is 23.8 Å². The van der Waals surface area contributed by atoms with E-state index in [4.69, 9.17) is 21.1 Å². The van der Waals surface area contributed by atoms with Gasteiger partial charge in [-0.25, -0.2) is 27.9 Å². The van der Waals surface area contributed by atoms with Crippen LogP contribution in [0.4, 0.5) is 18.0 Å². The number of thiazole rings is 1. The van der Waals surface area contributed by atoms with E-state index in [0.717, 1.165) is 6.42 Å². The van der Waals surface area contributed by atoms with E-state index < -0.39 is 61.0 Å². The standard InChI is InChI=1S/C35H38ClF3N6O7S2/c1-19-26(51-3)10-9-22-27(15-23(40-28(19)22)24-18-53-31(41-24)35(37,38)39)52-21-14-25-29(46)44(2)13-7-5-4-6-8-20-16-34(20,42-32(48)45(25)17-21)30(47)43-54(49,50)33(36)11-12-33/h6,8-10,15,18,20-21,25H,4-5,7,11-14,16-17H2,1-3H3,(H,42,48)(H,43,47)/b8-6-/t20-,21+,25+,34-/m1/s1. The third kappa shape index (κ3) is 7.07. The minimum atomic E-state index is -4.65. The lowest BCUT2D eigenvalue weighted by Crippen LogP contribution is -2.58. The second kappa shape index (κ2) is 13.8. The van der Waals surface area contributed by atoms with Gasteiger partial charge in [-0.15, -0.1) is 11.3 Å². The molecule has 0 radical (unpaired) electrons. The number of methoxy groups -OCH3 is 1. The number of amides is 4. The molecule has 4 atom stereocenters. The highest BCUT2D eigenvalue weighted by molar-refractivity contribution is 7.93. The molecule has 3 fully saturated rings. The molecule has 4 aliphatic rings. The van der Waals surface area contributed by atoms with Crippen molar-refractivity contribution >= 4 is 61.7 Å². The van der Waals surface area contributed by atoms with E-state index >= 15 is 0 Å². The maximum absolute atomic E-state index is 14.2. The Balaban J connectivity index is 1.21. The summed E-state index contributed by atoms with van der Waals surface area (Å²) in [4.78, 5) is 53.0. The summed E-state index contributed by atoms with van der Waals surface area (Å²) in [5.41, 5.74) is -0.490. The first-order valence-electron chi connectivity index (χ1n) is 17.4. The molecule has 0 unspecified atom stereocenters. The number of hydrogen-bond donors (Lipinski definition) is 2. The zero-order valence-electron chi connectivity index (χ0n) is 29.5. The average molecular weight is 811 g/mol. The van der Waals surface area contributed by atoms with Crippen LogP contribution < -0.4 is 19.5 Å². The third-order valence-corrected chi connectivity index (χ3v) is 14.1. The number of alkyl halides is 4. The molecular weight excluding hydrogens is 773 g/mol. The maximum Gasteiger partial charge on any atom is 0.443 e. The zero-order chi connectivity index (χ0) is 38.8. The van der Waals surface area contributed by atoms with Crippen LogP contribution in [-0.4, -0.2) is 95.2 Å². The first-order valence-corrected chi connectivity index (χ1v) is 20.1. The smallest absolute Gasteiger partial charge is 0.443 e. The number of sulfonamides is 1. The van der Waals surface area contributed by atoms with Crippen molar-refractivity contribution in [3.8, 4) is 22.9 Å². The van der Waals surface area contributed by atoms with Gasteiger partial charge in [-0.2, -0.15) is 13.2 Å². The minimum Gasteiger partial charge on any atom is -0.496 e. The highest BCUT2D eigenvalue weighted by Gasteiger charge is 2.63. The summed E-state index contributed by atoms with van der Waals surface area (Å²) >= 11 is 6.61. The van der Waals surface area contributed by atoms with Crippen LogP contribution in [0.25, 0.3) is 22.3 Å². The Kier molecular flexibility index (Phi) is 9.78. The van der Waals surface area contributed by atoms with Crippen molar-refractivity contribution in [3.05, 3.63) is 46.3 Å². The van der Waals surface area contributed by atoms with Crippen molar-refractivity contribution < 1.29 is 45.4 Å². The van der Waals surface area contributed by atoms with Gasteiger partial charge in [-0.05, 0) is 57.6 Å². The van der Waals surface area contributed by atoms with Crippen LogP contribution in [0.2, 0.25) is 0 Å². The molecule has 2 aliphatic carbocycles. The molecule has 4 heterocycles. The number of benzene rings is 1. The van der Waals surface area contributed by atoms with Gasteiger partial charge in [-0.3, -0.25) is 9.59 Å². The number of carbonyl (C=O) groups excluding carboxylic acids is 3. The fraction of sp³-hybridized carbons (Fsp3) is 0.514. The number of fused-ring (bicyclic) bond motifs is 3. The van der Waals surface area contributed by atoms with Crippen molar-refractivity contribution in [1.29, 1.82) is 0 Å². The Bertz CT molecular complexity index is 2160. The molecule has 0 spiro atoms. The van der Waals surface area contributed by atoms with Crippen LogP contribution in [0.15, 0.2) is 35.7 Å². The third-order valence-electron chi connectivity index (χ3n) is 10.4. The molecule has 13 nitrogen and oxygen atoms in total. The van der Waals surface area contributed by atoms with E-state index in [-0.39, 0.29) is 55.3 Å². The summed E-state index contributed by atoms with van der Waals surface area (Å²) in [5.74, 6) is -1.02. The highest BCUT2D eigenvalue weighted by atomic mass is 35.5. The molecule has 19 heteroatoms. The van der Waals surface area contributed by atoms with Gasteiger partial charge in [0.05, 0.1) is 24.9 Å². The number of hydrogen-bond acceptors (Lipinski definition) is 10. The van der Waals surface area contributed by atoms with Gasteiger partial charge in [0.2, 0.25) is 5.91 Å². The summed E-state index contributed by atoms with van der Waals surface area (Å²) < 4.78 is 78.8. The molecule has 2 aromatic heterocycles. The first-order chi connectivity index (χ1) is 25.5. The molecule has 2 aliphatic heterocycles. The fourth-order valence-electron chi connectivity index (χ4n) is 7.02. The molecule has 4 amide bonds. The topological polar surface area (TPSA) is 160 Å². The Morgan fingerprint density at radius 1 is 1.15 bits per heavy atom. The van der Waals surface area contributed by atoms with Crippen LogP contribution in [0.5, 0.6) is 11.5 Å². The largest absolute Gasteiger partial charge is 0.496 e. The first kappa shape index (κ1) is 38.1. The monoisotopic (exact) mass is 810 g/mol. The van der Waals surface area contributed by atoms with Crippen molar-refractivity contribution in [2.75, 3.05) is 27.2 Å². The number of allylic oxidation sites excluding steroid dienone is 1. The number of nitrogens with zero attached hydrogens (tertiary/aromatic N) is 4. The summed E-state index contributed by atoms with van der Waals surface area (Å²) in [7, 11) is -1.11. The van der Waals surface area contributed by atoms with E-state index in [0.29, 0.717) is 52.9 Å². The average Bonchev–Trinajstić information content (AvgIpc) is 3.88. The Morgan fingerprint density at radius 2 is 1.91 bits per heavy atom. The number of pyridine rings is 1. The summed E-state index contributed by atoms with van der Waals surface area (Å²) in [6.07, 6.45) is 0.902. The number of ether oxygens (including phenoxy) is 2. The SMILES string of the molecule is COc1ccc2c(O[C@H]3C[C@H]4C(=O)N(C)CCCC/C=C\[C@@H]5C[C@@]5(C(=O)NS(=O)(=O)C5(Cl)CC5)NC(=O)N4C3)cc(-c3csc(C(F)(F)F)n3)nc2c1C. The lowest BCUT2D eigenvalue weighted by atomic mass is 10.1. The highest BCUT2D eigenvalue weighted by Crippen LogP contribution is 2.49. The molecule has 1 saturated heterocycles. The van der Waals surface area contributed by atoms with Gasteiger partial charge in [0.15, 0.2) is 9.21 Å². The van der Waals surface area contributed by atoms with Gasteiger partial charge in [0, 0.05) is 48.3 Å². The van der Waals surface area contributed by atoms with Gasteiger partial charge in [0.1, 0.15) is 34.9 Å². The molecule has 7 rings (SSSR count). The number of urea groups is 1. The molecule has 1 aromatic carbocycles. The molecule has 54 heavy (non-hydrogen) atoms. The Hall–Kier alpha value is -4.16. The van der Waals surface area contributed by atoms with Crippen LogP contribution in [0, 0.1) is 12.8 Å². The predicted octanol–water partition coefficient (Wildman–Crippen LogP) is 5.36. The fourth-order valence-corrected chi connectivity index (χ4v) is 9.16. The van der Waals surface area contributed by atoms with Crippen molar-refractivity contribution in [2.45, 2.75) is 79.9 Å². The maximum atomic E-state index is 14.2. The van der Waals surface area contributed by atoms with E-state index in [2.05, 4.69) is 20.0 Å².